The summed E-state index contributed by atoms with van der Waals surface area (Å²) in [7, 11) is -1.82. The van der Waals surface area contributed by atoms with Crippen LogP contribution in [0.1, 0.15) is 0 Å². The zero-order valence-corrected chi connectivity index (χ0v) is 18.1. The summed E-state index contributed by atoms with van der Waals surface area (Å²) in [6, 6.07) is 10.4. The van der Waals surface area contributed by atoms with E-state index in [1.165, 1.54) is 18.2 Å². The number of amides is 1. The first-order valence-corrected chi connectivity index (χ1v) is 11.2. The van der Waals surface area contributed by atoms with E-state index >= 15 is 0 Å². The van der Waals surface area contributed by atoms with Gasteiger partial charge in [-0.05, 0) is 49.5 Å². The molecule has 1 amide bonds. The smallest absolute Gasteiger partial charge is 0.261 e. The molecule has 3 rings (SSSR count). The number of nitrogens with zero attached hydrogens (tertiary/aromatic N) is 2. The highest BCUT2D eigenvalue weighted by molar-refractivity contribution is 7.92. The second-order valence-electron chi connectivity index (χ2n) is 6.68. The number of carbonyl (C=O) groups is 1. The number of benzene rings is 2. The van der Waals surface area contributed by atoms with Crippen molar-refractivity contribution in [1.82, 2.24) is 9.80 Å². The van der Waals surface area contributed by atoms with Crippen molar-refractivity contribution in [2.45, 2.75) is 4.90 Å². The van der Waals surface area contributed by atoms with Gasteiger partial charge in [-0.1, -0.05) is 23.2 Å². The summed E-state index contributed by atoms with van der Waals surface area (Å²) in [5.74, 6) is 0.120. The molecule has 1 fully saturated rings. The third kappa shape index (κ3) is 5.76. The van der Waals surface area contributed by atoms with Gasteiger partial charge in [-0.15, -0.1) is 0 Å². The van der Waals surface area contributed by atoms with E-state index in [-0.39, 0.29) is 28.2 Å². The van der Waals surface area contributed by atoms with Gasteiger partial charge in [-0.25, -0.2) is 8.42 Å². The number of halogens is 2. The second-order valence-corrected chi connectivity index (χ2v) is 9.20. The molecule has 7 nitrogen and oxygen atoms in total. The Bertz CT molecular complexity index is 975. The van der Waals surface area contributed by atoms with Crippen molar-refractivity contribution in [3.63, 3.8) is 0 Å². The molecule has 0 saturated carbocycles. The fraction of sp³-hybridized carbons (Fsp3) is 0.316. The molecule has 0 bridgehead atoms. The Balaban J connectivity index is 1.63. The highest BCUT2D eigenvalue weighted by atomic mass is 35.5. The van der Waals surface area contributed by atoms with Crippen LogP contribution in [0.3, 0.4) is 0 Å². The van der Waals surface area contributed by atoms with E-state index in [2.05, 4.69) is 9.62 Å². The lowest BCUT2D eigenvalue weighted by molar-refractivity contribution is -0.134. The highest BCUT2D eigenvalue weighted by Crippen LogP contribution is 2.28. The SMILES string of the molecule is CN1CCN(C(=O)COc2ccc(S(=O)(=O)Nc3ccc(Cl)cc3)cc2Cl)CC1. The highest BCUT2D eigenvalue weighted by Gasteiger charge is 2.20. The van der Waals surface area contributed by atoms with Crippen LogP contribution in [0.15, 0.2) is 47.4 Å². The minimum atomic E-state index is -3.83. The molecule has 1 saturated heterocycles. The maximum atomic E-state index is 12.5. The molecule has 156 valence electrons. The van der Waals surface area contributed by atoms with Gasteiger partial charge in [-0.3, -0.25) is 9.52 Å². The van der Waals surface area contributed by atoms with Gasteiger partial charge in [0.25, 0.3) is 15.9 Å². The molecule has 1 aliphatic rings. The molecule has 0 aromatic heterocycles. The molecule has 0 aliphatic carbocycles. The van der Waals surface area contributed by atoms with Crippen molar-refractivity contribution < 1.29 is 17.9 Å². The standard InChI is InChI=1S/C19H21Cl2N3O4S/c1-23-8-10-24(11-9-23)19(25)13-28-18-7-6-16(12-17(18)21)29(26,27)22-15-4-2-14(20)3-5-15/h2-7,12,22H,8-11,13H2,1H3. The van der Waals surface area contributed by atoms with Crippen molar-refractivity contribution in [3.8, 4) is 5.75 Å². The fourth-order valence-corrected chi connectivity index (χ4v) is 4.29. The summed E-state index contributed by atoms with van der Waals surface area (Å²) in [5.41, 5.74) is 0.378. The second kappa shape index (κ2) is 9.21. The van der Waals surface area contributed by atoms with Gasteiger partial charge in [0.15, 0.2) is 6.61 Å². The third-order valence-corrected chi connectivity index (χ3v) is 6.44. The van der Waals surface area contributed by atoms with Gasteiger partial charge >= 0.3 is 0 Å². The van der Waals surface area contributed by atoms with E-state index in [4.69, 9.17) is 27.9 Å². The molecule has 2 aromatic rings. The summed E-state index contributed by atoms with van der Waals surface area (Å²) >= 11 is 12.0. The van der Waals surface area contributed by atoms with Crippen LogP contribution < -0.4 is 9.46 Å². The molecule has 1 aliphatic heterocycles. The molecule has 29 heavy (non-hydrogen) atoms. The Morgan fingerprint density at radius 2 is 1.72 bits per heavy atom. The number of hydrogen-bond donors (Lipinski definition) is 1. The predicted octanol–water partition coefficient (Wildman–Crippen LogP) is 2.95. The van der Waals surface area contributed by atoms with E-state index in [1.54, 1.807) is 29.2 Å². The van der Waals surface area contributed by atoms with Crippen LogP contribution in [0.4, 0.5) is 5.69 Å². The van der Waals surface area contributed by atoms with Gasteiger partial charge in [0.1, 0.15) is 5.75 Å². The Labute approximate surface area is 180 Å². The molecule has 0 unspecified atom stereocenters. The number of carbonyl (C=O) groups excluding carboxylic acids is 1. The average Bonchev–Trinajstić information content (AvgIpc) is 2.69. The predicted molar refractivity (Wildman–Crippen MR) is 113 cm³/mol. The van der Waals surface area contributed by atoms with Crippen molar-refractivity contribution in [1.29, 1.82) is 0 Å². The summed E-state index contributed by atoms with van der Waals surface area (Å²) in [5, 5.41) is 0.610. The lowest BCUT2D eigenvalue weighted by Crippen LogP contribution is -2.48. The monoisotopic (exact) mass is 457 g/mol. The number of hydrogen-bond acceptors (Lipinski definition) is 5. The largest absolute Gasteiger partial charge is 0.482 e. The molecular formula is C19H21Cl2N3O4S. The summed E-state index contributed by atoms with van der Waals surface area (Å²) in [4.78, 5) is 16.1. The van der Waals surface area contributed by atoms with E-state index in [0.29, 0.717) is 23.8 Å². The number of likely N-dealkylation sites (N-methyl/N-ethyl adjacent to an activating group) is 1. The molecule has 2 aromatic carbocycles. The maximum absolute atomic E-state index is 12.5. The Hall–Kier alpha value is -2.00. The van der Waals surface area contributed by atoms with Crippen molar-refractivity contribution in [3.05, 3.63) is 52.5 Å². The molecular weight excluding hydrogens is 437 g/mol. The summed E-state index contributed by atoms with van der Waals surface area (Å²) in [6.07, 6.45) is 0. The topological polar surface area (TPSA) is 79.0 Å². The summed E-state index contributed by atoms with van der Waals surface area (Å²) in [6.45, 7) is 2.79. The first kappa shape index (κ1) is 21.7. The van der Waals surface area contributed by atoms with E-state index in [9.17, 15) is 13.2 Å². The minimum absolute atomic E-state index is 0.0183. The lowest BCUT2D eigenvalue weighted by Gasteiger charge is -2.32. The number of anilines is 1. The lowest BCUT2D eigenvalue weighted by atomic mass is 10.3. The third-order valence-electron chi connectivity index (χ3n) is 4.52. The van der Waals surface area contributed by atoms with Crippen LogP contribution >= 0.6 is 23.2 Å². The van der Waals surface area contributed by atoms with Gasteiger partial charge in [-0.2, -0.15) is 0 Å². The van der Waals surface area contributed by atoms with Crippen LogP contribution in [0.5, 0.6) is 5.75 Å². The summed E-state index contributed by atoms with van der Waals surface area (Å²) < 4.78 is 33.0. The first-order valence-electron chi connectivity index (χ1n) is 8.92. The zero-order chi connectivity index (χ0) is 21.0. The Morgan fingerprint density at radius 3 is 2.34 bits per heavy atom. The molecule has 1 N–H and O–H groups in total. The van der Waals surface area contributed by atoms with Gasteiger partial charge in [0, 0.05) is 36.9 Å². The van der Waals surface area contributed by atoms with Crippen LogP contribution in [0, 0.1) is 0 Å². The molecule has 0 atom stereocenters. The van der Waals surface area contributed by atoms with Crippen LogP contribution in [-0.4, -0.2) is 64.0 Å². The molecule has 10 heteroatoms. The number of sulfonamides is 1. The van der Waals surface area contributed by atoms with Crippen molar-refractivity contribution in [2.75, 3.05) is 44.6 Å². The number of nitrogens with one attached hydrogen (secondary N) is 1. The Kier molecular flexibility index (Phi) is 6.89. The molecule has 0 radical (unpaired) electrons. The van der Waals surface area contributed by atoms with Crippen molar-refractivity contribution >= 4 is 44.8 Å². The number of rotatable bonds is 6. The van der Waals surface area contributed by atoms with E-state index in [0.717, 1.165) is 13.1 Å². The minimum Gasteiger partial charge on any atom is -0.482 e. The van der Waals surface area contributed by atoms with E-state index in [1.807, 2.05) is 7.05 Å². The van der Waals surface area contributed by atoms with Crippen LogP contribution in [0.2, 0.25) is 10.0 Å². The van der Waals surface area contributed by atoms with Gasteiger partial charge < -0.3 is 14.5 Å². The normalized spacial score (nSPS) is 15.2. The quantitative estimate of drug-likeness (QED) is 0.720. The zero-order valence-electron chi connectivity index (χ0n) is 15.8. The molecule has 0 spiro atoms. The molecule has 1 heterocycles. The maximum Gasteiger partial charge on any atom is 0.261 e. The van der Waals surface area contributed by atoms with Crippen LogP contribution in [0.25, 0.3) is 0 Å². The van der Waals surface area contributed by atoms with Crippen LogP contribution in [-0.2, 0) is 14.8 Å². The average molecular weight is 458 g/mol. The Morgan fingerprint density at radius 1 is 1.07 bits per heavy atom. The van der Waals surface area contributed by atoms with Gasteiger partial charge in [0.05, 0.1) is 9.92 Å². The van der Waals surface area contributed by atoms with Gasteiger partial charge in [0.2, 0.25) is 0 Å². The fourth-order valence-electron chi connectivity index (χ4n) is 2.78. The van der Waals surface area contributed by atoms with Crippen molar-refractivity contribution in [2.24, 2.45) is 0 Å². The number of ether oxygens (including phenoxy) is 1. The first-order chi connectivity index (χ1) is 13.7. The van der Waals surface area contributed by atoms with E-state index < -0.39 is 10.0 Å². The number of piperazine rings is 1.